The van der Waals surface area contributed by atoms with Crippen molar-refractivity contribution in [3.8, 4) is 35.5 Å². The van der Waals surface area contributed by atoms with Gasteiger partial charge in [-0.15, -0.1) is 0 Å². The second kappa shape index (κ2) is 19.4. The fraction of sp³-hybridized carbons (Fsp3) is 0.708. The van der Waals surface area contributed by atoms with E-state index in [1.54, 1.807) is 6.92 Å². The van der Waals surface area contributed by atoms with Crippen molar-refractivity contribution in [3.05, 3.63) is 0 Å². The van der Waals surface area contributed by atoms with Gasteiger partial charge in [0.15, 0.2) is 0 Å². The van der Waals surface area contributed by atoms with Crippen LogP contribution in [0.4, 0.5) is 0 Å². The minimum atomic E-state index is -2.39. The molecule has 0 aliphatic rings. The molecule has 5 heteroatoms. The van der Waals surface area contributed by atoms with E-state index < -0.39 is 18.4 Å². The molecule has 0 aromatic rings. The first-order valence-electron chi connectivity index (χ1n) is 10.9. The molecule has 0 heterocycles. The van der Waals surface area contributed by atoms with Crippen molar-refractivity contribution in [1.29, 1.82) is 0 Å². The Bertz CT molecular complexity index is 608. The van der Waals surface area contributed by atoms with E-state index in [0.29, 0.717) is 0 Å². The van der Waals surface area contributed by atoms with E-state index in [1.807, 2.05) is 0 Å². The summed E-state index contributed by atoms with van der Waals surface area (Å²) in [5.74, 6) is 12.3. The average molecular weight is 404 g/mol. The Kier molecular flexibility index (Phi) is 18.0. The molecule has 0 saturated carbocycles. The minimum absolute atomic E-state index is 0.109. The molecule has 0 aliphatic carbocycles. The molecule has 1 amide bonds. The van der Waals surface area contributed by atoms with Crippen LogP contribution in [0.5, 0.6) is 0 Å². The van der Waals surface area contributed by atoms with Gasteiger partial charge in [-0.05, 0) is 37.0 Å². The lowest BCUT2D eigenvalue weighted by Crippen LogP contribution is -2.44. The molecule has 3 N–H and O–H groups in total. The van der Waals surface area contributed by atoms with E-state index in [4.69, 9.17) is 0 Å². The molecular weight excluding hydrogens is 366 g/mol. The quantitative estimate of drug-likeness (QED) is 0.222. The summed E-state index contributed by atoms with van der Waals surface area (Å²) in [4.78, 5) is 11.4. The average Bonchev–Trinajstić information content (AvgIpc) is 2.69. The zero-order chi connectivity index (χ0) is 21.6. The van der Waals surface area contributed by atoms with Gasteiger partial charge in [-0.3, -0.25) is 4.79 Å². The highest BCUT2D eigenvalue weighted by Crippen LogP contribution is 2.11. The fourth-order valence-electron chi connectivity index (χ4n) is 2.66. The number of carbonyl (C=O) groups is 1. The summed E-state index contributed by atoms with van der Waals surface area (Å²) in [6.45, 7) is 3.49. The van der Waals surface area contributed by atoms with Gasteiger partial charge in [0.05, 0.1) is 0 Å². The molecule has 0 bridgehead atoms. The summed E-state index contributed by atoms with van der Waals surface area (Å²) in [6, 6.07) is 0. The number of unbranched alkanes of at least 4 members (excludes halogenated alkanes) is 11. The molecule has 0 atom stereocenters. The minimum Gasteiger partial charge on any atom is -0.342 e. The van der Waals surface area contributed by atoms with Crippen molar-refractivity contribution in [1.82, 2.24) is 5.32 Å². The molecule has 0 saturated heterocycles. The summed E-state index contributed by atoms with van der Waals surface area (Å²) in [5.41, 5.74) is 0. The van der Waals surface area contributed by atoms with E-state index in [9.17, 15) is 15.0 Å². The van der Waals surface area contributed by atoms with Gasteiger partial charge in [-0.25, -0.2) is 0 Å². The number of aliphatic hydroxyl groups is 2. The Morgan fingerprint density at radius 2 is 1.38 bits per heavy atom. The van der Waals surface area contributed by atoms with Crippen LogP contribution in [0.2, 0.25) is 0 Å². The molecule has 0 fully saturated rings. The van der Waals surface area contributed by atoms with E-state index in [2.05, 4.69) is 52.5 Å². The van der Waals surface area contributed by atoms with E-state index in [-0.39, 0.29) is 6.61 Å². The Balaban J connectivity index is 3.67. The van der Waals surface area contributed by atoms with Crippen molar-refractivity contribution >= 4 is 5.91 Å². The maximum absolute atomic E-state index is 11.4. The van der Waals surface area contributed by atoms with Gasteiger partial charge >= 0.3 is 0 Å². The first-order valence-corrected chi connectivity index (χ1v) is 10.9. The van der Waals surface area contributed by atoms with E-state index >= 15 is 0 Å². The Hall–Kier alpha value is -1.97. The number of rotatable bonds is 15. The van der Waals surface area contributed by atoms with Crippen molar-refractivity contribution in [2.24, 2.45) is 0 Å². The largest absolute Gasteiger partial charge is 0.342 e. The maximum Gasteiger partial charge on any atom is 0.297 e. The van der Waals surface area contributed by atoms with Gasteiger partial charge in [0, 0.05) is 18.9 Å². The Morgan fingerprint density at radius 1 is 0.828 bits per heavy atom. The topological polar surface area (TPSA) is 78.8 Å². The highest BCUT2D eigenvalue weighted by atomic mass is 16.8. The zero-order valence-corrected chi connectivity index (χ0v) is 18.1. The lowest BCUT2D eigenvalue weighted by molar-refractivity contribution is -0.330. The van der Waals surface area contributed by atoms with Crippen molar-refractivity contribution < 1.29 is 19.7 Å². The molecule has 0 spiro atoms. The van der Waals surface area contributed by atoms with Crippen LogP contribution in [0.1, 0.15) is 90.9 Å². The molecule has 0 aromatic carbocycles. The van der Waals surface area contributed by atoms with Crippen LogP contribution >= 0.6 is 0 Å². The van der Waals surface area contributed by atoms with Crippen LogP contribution in [-0.2, 0) is 9.53 Å². The lowest BCUT2D eigenvalue weighted by atomic mass is 10.1. The molecule has 0 rings (SSSR count). The summed E-state index contributed by atoms with van der Waals surface area (Å²) in [7, 11) is 0. The molecular formula is C24H37NO4. The smallest absolute Gasteiger partial charge is 0.297 e. The highest BCUT2D eigenvalue weighted by molar-refractivity contribution is 5.94. The van der Waals surface area contributed by atoms with Crippen LogP contribution < -0.4 is 5.32 Å². The third-order valence-electron chi connectivity index (χ3n) is 4.21. The number of nitrogens with one attached hydrogen (secondary N) is 1. The van der Waals surface area contributed by atoms with Gasteiger partial charge in [0.1, 0.15) is 6.54 Å². The van der Waals surface area contributed by atoms with Crippen LogP contribution in [0.15, 0.2) is 0 Å². The van der Waals surface area contributed by atoms with Crippen LogP contribution in [0.25, 0.3) is 0 Å². The van der Waals surface area contributed by atoms with E-state index in [0.717, 1.165) is 12.8 Å². The third kappa shape index (κ3) is 20.6. The standard InChI is InChI=1S/C24H37NO4/c1-3-5-6-7-8-9-10-11-12-13-14-15-16-17-18-19-20-21-23(26)25-22-24(27,28)29-4-2/h27-28H,3-15,22H2,1-2H3,(H,25,26). The van der Waals surface area contributed by atoms with Gasteiger partial charge in [0.2, 0.25) is 0 Å². The number of ether oxygens (including phenoxy) is 1. The predicted octanol–water partition coefficient (Wildman–Crippen LogP) is 3.49. The first-order chi connectivity index (χ1) is 14.0. The predicted molar refractivity (Wildman–Crippen MR) is 116 cm³/mol. The summed E-state index contributed by atoms with van der Waals surface area (Å²) in [6.07, 6.45) is 15.3. The van der Waals surface area contributed by atoms with Gasteiger partial charge in [-0.2, -0.15) is 0 Å². The Labute approximate surface area is 177 Å². The molecule has 0 unspecified atom stereocenters. The third-order valence-corrected chi connectivity index (χ3v) is 4.21. The molecule has 0 aromatic heterocycles. The molecule has 162 valence electrons. The molecule has 0 radical (unpaired) electrons. The van der Waals surface area contributed by atoms with Gasteiger partial charge < -0.3 is 20.3 Å². The summed E-state index contributed by atoms with van der Waals surface area (Å²) < 4.78 is 4.62. The van der Waals surface area contributed by atoms with Crippen molar-refractivity contribution in [2.75, 3.05) is 13.2 Å². The molecule has 0 aliphatic heterocycles. The normalized spacial score (nSPS) is 10.1. The summed E-state index contributed by atoms with van der Waals surface area (Å²) >= 11 is 0. The van der Waals surface area contributed by atoms with Crippen LogP contribution in [0.3, 0.4) is 0 Å². The number of hydrogen-bond donors (Lipinski definition) is 3. The summed E-state index contributed by atoms with van der Waals surface area (Å²) in [5, 5.41) is 20.8. The molecule has 29 heavy (non-hydrogen) atoms. The first kappa shape index (κ1) is 27.0. The number of amides is 1. The van der Waals surface area contributed by atoms with Crippen molar-refractivity contribution in [3.63, 3.8) is 0 Å². The zero-order valence-electron chi connectivity index (χ0n) is 18.1. The monoisotopic (exact) mass is 403 g/mol. The van der Waals surface area contributed by atoms with Crippen LogP contribution in [-0.4, -0.2) is 35.2 Å². The Morgan fingerprint density at radius 3 is 1.97 bits per heavy atom. The second-order valence-electron chi connectivity index (χ2n) is 6.95. The number of hydrogen-bond acceptors (Lipinski definition) is 4. The fourth-order valence-corrected chi connectivity index (χ4v) is 2.66. The lowest BCUT2D eigenvalue weighted by Gasteiger charge is -2.20. The number of carbonyl (C=O) groups excluding carboxylic acids is 1. The highest BCUT2D eigenvalue weighted by Gasteiger charge is 2.23. The van der Waals surface area contributed by atoms with Crippen LogP contribution in [0, 0.1) is 35.5 Å². The second-order valence-corrected chi connectivity index (χ2v) is 6.95. The molecule has 5 nitrogen and oxygen atoms in total. The van der Waals surface area contributed by atoms with Crippen molar-refractivity contribution in [2.45, 2.75) is 96.9 Å². The SMILES string of the molecule is CCCCCCCCCCCCCC#CC#CC#CC(=O)NCC(O)(O)OCC. The maximum atomic E-state index is 11.4. The van der Waals surface area contributed by atoms with Gasteiger partial charge in [-0.1, -0.05) is 77.1 Å². The van der Waals surface area contributed by atoms with Gasteiger partial charge in [0.25, 0.3) is 11.9 Å². The van der Waals surface area contributed by atoms with E-state index in [1.165, 1.54) is 64.2 Å².